The Morgan fingerprint density at radius 3 is 2.68 bits per heavy atom. The molecule has 1 amide bonds. The third kappa shape index (κ3) is 4.10. The van der Waals surface area contributed by atoms with Crippen molar-refractivity contribution in [3.8, 4) is 0 Å². The van der Waals surface area contributed by atoms with Gasteiger partial charge in [-0.2, -0.15) is 0 Å². The molecule has 116 valence electrons. The van der Waals surface area contributed by atoms with Gasteiger partial charge in [0.1, 0.15) is 0 Å². The molecule has 0 N–H and O–H groups in total. The zero-order valence-corrected chi connectivity index (χ0v) is 13.2. The number of piperidine rings is 1. The Hall–Kier alpha value is -1.82. The van der Waals surface area contributed by atoms with Crippen LogP contribution in [0.15, 0.2) is 40.0 Å². The predicted octanol–water partition coefficient (Wildman–Crippen LogP) is 2.77. The number of aromatic nitrogens is 2. The van der Waals surface area contributed by atoms with Crippen molar-refractivity contribution in [2.75, 3.05) is 18.8 Å². The van der Waals surface area contributed by atoms with E-state index in [1.54, 1.807) is 0 Å². The van der Waals surface area contributed by atoms with Crippen molar-refractivity contribution < 1.29 is 9.21 Å². The van der Waals surface area contributed by atoms with Gasteiger partial charge in [-0.05, 0) is 24.8 Å². The van der Waals surface area contributed by atoms with Crippen LogP contribution >= 0.6 is 11.8 Å². The number of carbonyl (C=O) groups is 1. The molecule has 1 saturated heterocycles. The second-order valence-corrected chi connectivity index (χ2v) is 6.28. The van der Waals surface area contributed by atoms with E-state index in [1.807, 2.05) is 35.2 Å². The Bertz CT molecular complexity index is 609. The van der Waals surface area contributed by atoms with Crippen molar-refractivity contribution in [1.29, 1.82) is 0 Å². The van der Waals surface area contributed by atoms with Gasteiger partial charge in [0, 0.05) is 13.1 Å². The van der Waals surface area contributed by atoms with Crippen molar-refractivity contribution in [1.82, 2.24) is 15.1 Å². The zero-order chi connectivity index (χ0) is 15.2. The van der Waals surface area contributed by atoms with Gasteiger partial charge in [-0.1, -0.05) is 42.1 Å². The van der Waals surface area contributed by atoms with Crippen LogP contribution in [-0.2, 0) is 11.2 Å². The Balaban J connectivity index is 1.50. The van der Waals surface area contributed by atoms with Crippen molar-refractivity contribution >= 4 is 17.7 Å². The summed E-state index contributed by atoms with van der Waals surface area (Å²) in [6.07, 6.45) is 4.06. The number of carbonyl (C=O) groups excluding carboxylic acids is 1. The maximum Gasteiger partial charge on any atom is 0.277 e. The number of nitrogens with zero attached hydrogens (tertiary/aromatic N) is 3. The topological polar surface area (TPSA) is 59.2 Å². The van der Waals surface area contributed by atoms with E-state index in [0.29, 0.717) is 23.3 Å². The highest BCUT2D eigenvalue weighted by atomic mass is 32.2. The highest BCUT2D eigenvalue weighted by Gasteiger charge is 2.17. The molecule has 0 radical (unpaired) electrons. The van der Waals surface area contributed by atoms with E-state index in [-0.39, 0.29) is 5.91 Å². The summed E-state index contributed by atoms with van der Waals surface area (Å²) in [4.78, 5) is 14.0. The molecule has 0 aliphatic carbocycles. The number of hydrogen-bond donors (Lipinski definition) is 0. The molecule has 1 aliphatic rings. The molecule has 5 nitrogen and oxygen atoms in total. The minimum atomic E-state index is 0.160. The average molecular weight is 317 g/mol. The monoisotopic (exact) mass is 317 g/mol. The van der Waals surface area contributed by atoms with Crippen molar-refractivity contribution in [2.24, 2.45) is 0 Å². The molecule has 0 atom stereocenters. The van der Waals surface area contributed by atoms with Gasteiger partial charge in [0.05, 0.1) is 12.2 Å². The standard InChI is InChI=1S/C16H19N3O2S/c20-15(19-9-5-2-6-10-19)12-22-16-18-17-14(21-16)11-13-7-3-1-4-8-13/h1,3-4,7-8H,2,5-6,9-12H2. The molecule has 0 saturated carbocycles. The van der Waals surface area contributed by atoms with Crippen molar-refractivity contribution in [2.45, 2.75) is 30.9 Å². The van der Waals surface area contributed by atoms with E-state index in [2.05, 4.69) is 10.2 Å². The molecule has 22 heavy (non-hydrogen) atoms. The van der Waals surface area contributed by atoms with Crippen LogP contribution < -0.4 is 0 Å². The van der Waals surface area contributed by atoms with Crippen molar-refractivity contribution in [3.63, 3.8) is 0 Å². The molecule has 0 spiro atoms. The summed E-state index contributed by atoms with van der Waals surface area (Å²) in [5.41, 5.74) is 1.13. The average Bonchev–Trinajstić information content (AvgIpc) is 3.02. The second kappa shape index (κ2) is 7.45. The number of hydrogen-bond acceptors (Lipinski definition) is 5. The molecule has 1 aromatic heterocycles. The van der Waals surface area contributed by atoms with Gasteiger partial charge < -0.3 is 9.32 Å². The first-order valence-electron chi connectivity index (χ1n) is 7.58. The quantitative estimate of drug-likeness (QED) is 0.794. The highest BCUT2D eigenvalue weighted by molar-refractivity contribution is 7.99. The second-order valence-electron chi connectivity index (χ2n) is 5.35. The molecular weight excluding hydrogens is 298 g/mol. The van der Waals surface area contributed by atoms with Crippen molar-refractivity contribution in [3.05, 3.63) is 41.8 Å². The van der Waals surface area contributed by atoms with Gasteiger partial charge in [-0.3, -0.25) is 4.79 Å². The minimum Gasteiger partial charge on any atom is -0.416 e. The first kappa shape index (κ1) is 15.1. The largest absolute Gasteiger partial charge is 0.416 e. The Morgan fingerprint density at radius 2 is 1.91 bits per heavy atom. The Kier molecular flexibility index (Phi) is 5.11. The molecule has 1 aliphatic heterocycles. The maximum atomic E-state index is 12.1. The van der Waals surface area contributed by atoms with Crippen LogP contribution in [0.5, 0.6) is 0 Å². The van der Waals surface area contributed by atoms with Crippen LogP contribution in [-0.4, -0.2) is 39.8 Å². The van der Waals surface area contributed by atoms with Crippen LogP contribution in [0.1, 0.15) is 30.7 Å². The summed E-state index contributed by atoms with van der Waals surface area (Å²) in [6, 6.07) is 10.00. The van der Waals surface area contributed by atoms with Crippen LogP contribution in [0.4, 0.5) is 0 Å². The summed E-state index contributed by atoms with van der Waals surface area (Å²) >= 11 is 1.32. The van der Waals surface area contributed by atoms with E-state index < -0.39 is 0 Å². The maximum absolute atomic E-state index is 12.1. The number of likely N-dealkylation sites (tertiary alicyclic amines) is 1. The fraction of sp³-hybridized carbons (Fsp3) is 0.438. The molecule has 3 rings (SSSR count). The number of amides is 1. The Morgan fingerprint density at radius 1 is 1.14 bits per heavy atom. The van der Waals surface area contributed by atoms with Gasteiger partial charge in [0.25, 0.3) is 5.22 Å². The van der Waals surface area contributed by atoms with Crippen LogP contribution in [0.3, 0.4) is 0 Å². The van der Waals surface area contributed by atoms with Gasteiger partial charge in [-0.25, -0.2) is 0 Å². The van der Waals surface area contributed by atoms with E-state index in [9.17, 15) is 4.79 Å². The third-order valence-electron chi connectivity index (χ3n) is 3.67. The predicted molar refractivity (Wildman–Crippen MR) is 84.7 cm³/mol. The zero-order valence-electron chi connectivity index (χ0n) is 12.4. The SMILES string of the molecule is O=C(CSc1nnc(Cc2ccccc2)o1)N1CCCCC1. The van der Waals surface area contributed by atoms with E-state index >= 15 is 0 Å². The molecule has 1 fully saturated rings. The minimum absolute atomic E-state index is 0.160. The third-order valence-corrected chi connectivity index (χ3v) is 4.48. The molecular formula is C16H19N3O2S. The molecule has 0 unspecified atom stereocenters. The van der Waals surface area contributed by atoms with Crippen LogP contribution in [0, 0.1) is 0 Å². The molecule has 2 heterocycles. The normalized spacial score (nSPS) is 15.0. The Labute approximate surface area is 134 Å². The highest BCUT2D eigenvalue weighted by Crippen LogP contribution is 2.19. The summed E-state index contributed by atoms with van der Waals surface area (Å²) in [5.74, 6) is 1.11. The lowest BCUT2D eigenvalue weighted by Crippen LogP contribution is -2.36. The van der Waals surface area contributed by atoms with Gasteiger partial charge in [-0.15, -0.1) is 10.2 Å². The fourth-order valence-corrected chi connectivity index (χ4v) is 3.18. The number of thioether (sulfide) groups is 1. The molecule has 6 heteroatoms. The van der Waals surface area contributed by atoms with Gasteiger partial charge in [0.2, 0.25) is 11.8 Å². The van der Waals surface area contributed by atoms with E-state index in [0.717, 1.165) is 31.5 Å². The first-order valence-corrected chi connectivity index (χ1v) is 8.57. The molecule has 1 aromatic carbocycles. The lowest BCUT2D eigenvalue weighted by molar-refractivity contribution is -0.129. The van der Waals surface area contributed by atoms with Crippen LogP contribution in [0.2, 0.25) is 0 Å². The molecule has 0 bridgehead atoms. The van der Waals surface area contributed by atoms with Crippen LogP contribution in [0.25, 0.3) is 0 Å². The van der Waals surface area contributed by atoms with Gasteiger partial charge >= 0.3 is 0 Å². The number of benzene rings is 1. The fourth-order valence-electron chi connectivity index (χ4n) is 2.50. The summed E-state index contributed by atoms with van der Waals surface area (Å²) in [5, 5.41) is 8.51. The summed E-state index contributed by atoms with van der Waals surface area (Å²) < 4.78 is 5.60. The molecule has 2 aromatic rings. The van der Waals surface area contributed by atoms with Gasteiger partial charge in [0.15, 0.2) is 0 Å². The lowest BCUT2D eigenvalue weighted by atomic mass is 10.1. The number of rotatable bonds is 5. The van der Waals surface area contributed by atoms with E-state index in [4.69, 9.17) is 4.42 Å². The lowest BCUT2D eigenvalue weighted by Gasteiger charge is -2.26. The summed E-state index contributed by atoms with van der Waals surface area (Å²) in [6.45, 7) is 1.75. The summed E-state index contributed by atoms with van der Waals surface area (Å²) in [7, 11) is 0. The van der Waals surface area contributed by atoms with E-state index in [1.165, 1.54) is 18.2 Å². The first-order chi connectivity index (χ1) is 10.8. The smallest absolute Gasteiger partial charge is 0.277 e.